The summed E-state index contributed by atoms with van der Waals surface area (Å²) in [5, 5.41) is 21.3. The van der Waals surface area contributed by atoms with Gasteiger partial charge >= 0.3 is 12.1 Å². The fourth-order valence-electron chi connectivity index (χ4n) is 8.33. The van der Waals surface area contributed by atoms with Crippen LogP contribution in [-0.4, -0.2) is 104 Å². The Morgan fingerprint density at radius 3 is 2.08 bits per heavy atom. The van der Waals surface area contributed by atoms with Crippen molar-refractivity contribution in [3.63, 3.8) is 0 Å². The Labute approximate surface area is 370 Å². The van der Waals surface area contributed by atoms with E-state index in [9.17, 15) is 24.3 Å². The minimum Gasteiger partial charge on any atom is -0.453 e. The molecule has 334 valence electrons. The summed E-state index contributed by atoms with van der Waals surface area (Å²) in [5.41, 5.74) is 3.99. The number of methoxy groups -OCH3 is 1. The van der Waals surface area contributed by atoms with Gasteiger partial charge in [0.1, 0.15) is 17.9 Å². The molecule has 4 N–H and O–H groups in total. The smallest absolute Gasteiger partial charge is 0.407 e. The normalized spacial score (nSPS) is 15.7. The molecule has 0 spiro atoms. The Hall–Kier alpha value is -6.28. The molecule has 1 fully saturated rings. The summed E-state index contributed by atoms with van der Waals surface area (Å²) in [6.45, 7) is 12.4. The first-order valence-corrected chi connectivity index (χ1v) is 21.6. The number of benzene rings is 3. The first kappa shape index (κ1) is 46.2. The Morgan fingerprint density at radius 2 is 1.44 bits per heavy atom. The lowest BCUT2D eigenvalue weighted by Gasteiger charge is -2.38. The number of imidazole rings is 1. The molecule has 5 amide bonds. The summed E-state index contributed by atoms with van der Waals surface area (Å²) in [5.74, 6) is -0.0848. The van der Waals surface area contributed by atoms with Gasteiger partial charge in [-0.2, -0.15) is 0 Å². The lowest BCUT2D eigenvalue weighted by atomic mass is 9.84. The minimum atomic E-state index is -1.15. The van der Waals surface area contributed by atoms with Crippen molar-refractivity contribution in [2.75, 3.05) is 20.2 Å². The first-order valence-electron chi connectivity index (χ1n) is 21.6. The summed E-state index contributed by atoms with van der Waals surface area (Å²) in [7, 11) is 3.18. The van der Waals surface area contributed by atoms with Gasteiger partial charge in [0, 0.05) is 37.9 Å². The second-order valence-corrected chi connectivity index (χ2v) is 18.6. The Kier molecular flexibility index (Phi) is 14.6. The minimum absolute atomic E-state index is 0.0508. The van der Waals surface area contributed by atoms with Gasteiger partial charge in [-0.15, -0.1) is 0 Å². The van der Waals surface area contributed by atoms with E-state index in [1.165, 1.54) is 7.11 Å². The van der Waals surface area contributed by atoms with Crippen LogP contribution >= 0.6 is 0 Å². The number of hydrogen-bond acceptors (Lipinski definition) is 8. The highest BCUT2D eigenvalue weighted by Crippen LogP contribution is 2.30. The third kappa shape index (κ3) is 11.6. The Morgan fingerprint density at radius 1 is 0.778 bits per heavy atom. The van der Waals surface area contributed by atoms with Crippen LogP contribution in [0.1, 0.15) is 64.9 Å². The molecular formula is C49H62N8O6. The number of nitrogens with zero attached hydrogens (tertiary/aromatic N) is 5. The highest BCUT2D eigenvalue weighted by Gasteiger charge is 2.45. The molecule has 5 atom stereocenters. The van der Waals surface area contributed by atoms with Crippen LogP contribution in [-0.2, 0) is 40.8 Å². The zero-order valence-corrected chi connectivity index (χ0v) is 37.7. The fraction of sp³-hybridized carbons (Fsp3) is 0.429. The van der Waals surface area contributed by atoms with E-state index in [0.717, 1.165) is 39.2 Å². The average Bonchev–Trinajstić information content (AvgIpc) is 3.76. The lowest BCUT2D eigenvalue weighted by molar-refractivity contribution is -0.131. The summed E-state index contributed by atoms with van der Waals surface area (Å²) < 4.78 is 6.84. The van der Waals surface area contributed by atoms with Gasteiger partial charge in [0.05, 0.1) is 42.5 Å². The number of aryl methyl sites for hydroxylation is 1. The molecule has 0 aliphatic carbocycles. The second kappa shape index (κ2) is 19.8. The number of carbonyl (C=O) groups is 4. The monoisotopic (exact) mass is 858 g/mol. The molecule has 2 aromatic heterocycles. The van der Waals surface area contributed by atoms with Crippen LogP contribution < -0.4 is 16.0 Å². The van der Waals surface area contributed by atoms with E-state index in [2.05, 4.69) is 20.9 Å². The van der Waals surface area contributed by atoms with Crippen LogP contribution in [0.3, 0.4) is 0 Å². The molecule has 0 bridgehead atoms. The molecule has 1 saturated heterocycles. The topological polar surface area (TPSA) is 171 Å². The maximum atomic E-state index is 14.7. The summed E-state index contributed by atoms with van der Waals surface area (Å²) >= 11 is 0. The molecule has 1 aliphatic heterocycles. The zero-order chi connectivity index (χ0) is 45.5. The van der Waals surface area contributed by atoms with E-state index < -0.39 is 53.1 Å². The van der Waals surface area contributed by atoms with Crippen LogP contribution in [0.25, 0.3) is 22.3 Å². The van der Waals surface area contributed by atoms with Crippen LogP contribution in [0.2, 0.25) is 0 Å². The molecule has 5 aromatic rings. The summed E-state index contributed by atoms with van der Waals surface area (Å²) in [6, 6.07) is 27.4. The van der Waals surface area contributed by atoms with E-state index in [-0.39, 0.29) is 24.8 Å². The number of pyridine rings is 1. The van der Waals surface area contributed by atoms with Gasteiger partial charge in [-0.05, 0) is 65.5 Å². The van der Waals surface area contributed by atoms with Crippen LogP contribution in [0.15, 0.2) is 103 Å². The van der Waals surface area contributed by atoms with Gasteiger partial charge in [0.25, 0.3) is 0 Å². The summed E-state index contributed by atoms with van der Waals surface area (Å²) in [6.07, 6.45) is 0.510. The second-order valence-electron chi connectivity index (χ2n) is 18.6. The molecule has 0 radical (unpaired) electrons. The maximum absolute atomic E-state index is 14.7. The maximum Gasteiger partial charge on any atom is 0.407 e. The Balaban J connectivity index is 1.25. The number of aliphatic hydroxyl groups excluding tert-OH is 1. The van der Waals surface area contributed by atoms with Gasteiger partial charge in [-0.1, -0.05) is 114 Å². The molecular weight excluding hydrogens is 797 g/mol. The van der Waals surface area contributed by atoms with Crippen molar-refractivity contribution < 1.29 is 29.0 Å². The fourth-order valence-corrected chi connectivity index (χ4v) is 8.33. The quantitative estimate of drug-likeness (QED) is 0.0901. The van der Waals surface area contributed by atoms with Crippen molar-refractivity contribution in [1.29, 1.82) is 0 Å². The van der Waals surface area contributed by atoms with Crippen molar-refractivity contribution in [3.05, 3.63) is 120 Å². The van der Waals surface area contributed by atoms with E-state index in [1.807, 2.05) is 150 Å². The third-order valence-corrected chi connectivity index (χ3v) is 11.7. The zero-order valence-electron chi connectivity index (χ0n) is 37.7. The molecule has 1 aliphatic rings. The van der Waals surface area contributed by atoms with Gasteiger partial charge in [0.15, 0.2) is 0 Å². The highest BCUT2D eigenvalue weighted by molar-refractivity contribution is 5.89. The molecule has 14 nitrogen and oxygen atoms in total. The van der Waals surface area contributed by atoms with Gasteiger partial charge in [-0.3, -0.25) is 14.6 Å². The molecule has 14 heteroatoms. The Bertz CT molecular complexity index is 2340. The standard InChI is InChI=1S/C49H62N8O6/c1-48(2,3)42(54-46(61)63-8)44(59)51-35(28-33-21-23-34(24-22-33)36-18-14-15-25-50-36)30-40(58)38(29-32-16-10-9-11-17-32)53-45(60)43(49(4,5)6)57-27-26-56(47(57)62)31-41-52-37-19-12-13-20-39(37)55(41)7/h9-25,35,38,40,42-43,58H,26-31H2,1-8H3,(H,51,59)(H,53,60)(H,54,61)/t35-,38+,40+,42-,43-/m1/s1. The van der Waals surface area contributed by atoms with Gasteiger partial charge in [-0.25, -0.2) is 14.6 Å². The van der Waals surface area contributed by atoms with Gasteiger partial charge < -0.3 is 40.2 Å². The number of fused-ring (bicyclic) bond motifs is 1. The SMILES string of the molecule is COC(=O)N[C@H](C(=O)N[C@H](Cc1ccc(-c2ccccn2)cc1)C[C@H](O)[C@H](Cc1ccccc1)NC(=O)[C@@H](N1CCN(Cc2nc3ccccc3n2C)C1=O)C(C)(C)C)C(C)(C)C. The largest absolute Gasteiger partial charge is 0.453 e. The van der Waals surface area contributed by atoms with Crippen molar-refractivity contribution in [2.45, 2.75) is 97.6 Å². The van der Waals surface area contributed by atoms with E-state index >= 15 is 0 Å². The van der Waals surface area contributed by atoms with Crippen LogP contribution in [0.4, 0.5) is 9.59 Å². The molecule has 6 rings (SSSR count). The van der Waals surface area contributed by atoms with E-state index in [0.29, 0.717) is 26.1 Å². The molecule has 0 saturated carbocycles. The number of hydrogen-bond donors (Lipinski definition) is 4. The number of para-hydroxylation sites is 2. The number of nitrogens with one attached hydrogen (secondary N) is 3. The number of alkyl carbamates (subject to hydrolysis) is 1. The van der Waals surface area contributed by atoms with Crippen LogP contribution in [0.5, 0.6) is 0 Å². The highest BCUT2D eigenvalue weighted by atomic mass is 16.5. The van der Waals surface area contributed by atoms with E-state index in [1.54, 1.807) is 16.0 Å². The van der Waals surface area contributed by atoms with Gasteiger partial charge in [0.2, 0.25) is 11.8 Å². The van der Waals surface area contributed by atoms with Crippen molar-refractivity contribution in [1.82, 2.24) is 40.3 Å². The number of amides is 5. The number of aliphatic hydroxyl groups is 1. The molecule has 0 unspecified atom stereocenters. The van der Waals surface area contributed by atoms with Crippen molar-refractivity contribution in [2.24, 2.45) is 17.9 Å². The third-order valence-electron chi connectivity index (χ3n) is 11.7. The number of ether oxygens (including phenoxy) is 1. The lowest BCUT2D eigenvalue weighted by Crippen LogP contribution is -2.59. The van der Waals surface area contributed by atoms with Crippen LogP contribution in [0, 0.1) is 10.8 Å². The van der Waals surface area contributed by atoms with E-state index in [4.69, 9.17) is 9.72 Å². The first-order chi connectivity index (χ1) is 29.9. The summed E-state index contributed by atoms with van der Waals surface area (Å²) in [4.78, 5) is 68.0. The molecule has 63 heavy (non-hydrogen) atoms. The van der Waals surface area contributed by atoms with Crippen molar-refractivity contribution in [3.8, 4) is 11.3 Å². The number of aromatic nitrogens is 3. The number of urea groups is 1. The molecule has 3 aromatic carbocycles. The molecule has 3 heterocycles. The number of carbonyl (C=O) groups excluding carboxylic acids is 4. The number of rotatable bonds is 16. The predicted molar refractivity (Wildman–Crippen MR) is 243 cm³/mol. The average molecular weight is 859 g/mol. The predicted octanol–water partition coefficient (Wildman–Crippen LogP) is 6.26. The van der Waals surface area contributed by atoms with Crippen molar-refractivity contribution >= 4 is 35.0 Å².